The Labute approximate surface area is 229 Å². The van der Waals surface area contributed by atoms with Gasteiger partial charge in [0.05, 0.1) is 20.2 Å². The number of esters is 1. The zero-order chi connectivity index (χ0) is 27.6. The molecule has 218 valence electrons. The van der Waals surface area contributed by atoms with Crippen molar-refractivity contribution < 1.29 is 85.9 Å². The van der Waals surface area contributed by atoms with Gasteiger partial charge in [-0.2, -0.15) is 0 Å². The predicted octanol–water partition coefficient (Wildman–Crippen LogP) is -0.478. The molecule has 2 fully saturated rings. The number of methoxy groups -OCH3 is 1. The second kappa shape index (κ2) is 14.2. The number of likely N-dealkylation sites (tertiary alicyclic amines) is 2. The van der Waals surface area contributed by atoms with Gasteiger partial charge in [0, 0.05) is 12.8 Å². The molecular weight excluding hydrogens is 523 g/mol. The third-order valence-corrected chi connectivity index (χ3v) is 4.55. The van der Waals surface area contributed by atoms with E-state index in [0.29, 0.717) is 4.90 Å². The van der Waals surface area contributed by atoms with Gasteiger partial charge < -0.3 is 30.3 Å². The molecule has 2 amide bonds. The summed E-state index contributed by atoms with van der Waals surface area (Å²) in [5, 5.41) is 8.78. The third kappa shape index (κ3) is 12.5. The molecule has 0 aliphatic carbocycles. The Morgan fingerprint density at radius 3 is 1.39 bits per heavy atom. The molecule has 2 saturated heterocycles. The van der Waals surface area contributed by atoms with Crippen LogP contribution in [0.3, 0.4) is 0 Å². The first-order chi connectivity index (χ1) is 15.6. The molecule has 0 spiro atoms. The molecule has 2 atom stereocenters. The third-order valence-electron chi connectivity index (χ3n) is 4.55. The molecule has 4 N–H and O–H groups in total. The summed E-state index contributed by atoms with van der Waals surface area (Å²) in [6.07, 6.45) is -3.57. The molecule has 0 aromatic carbocycles. The van der Waals surface area contributed by atoms with E-state index >= 15 is 0 Å². The number of alkyl halides is 4. The Bertz CT molecular complexity index is 834. The number of rotatable bonds is 2. The number of ether oxygens (including phenoxy) is 3. The number of carboxylic acid groups (broad SMARTS) is 1. The monoisotopic (exact) mass is 558 g/mol. The summed E-state index contributed by atoms with van der Waals surface area (Å²) < 4.78 is 67.0. The summed E-state index contributed by atoms with van der Waals surface area (Å²) in [5.41, 5.74) is -1.66. The van der Waals surface area contributed by atoms with E-state index in [9.17, 15) is 36.7 Å². The van der Waals surface area contributed by atoms with Crippen LogP contribution in [0, 0.1) is 0 Å². The van der Waals surface area contributed by atoms with E-state index in [-0.39, 0.29) is 29.8 Å². The van der Waals surface area contributed by atoms with Crippen molar-refractivity contribution >= 4 is 24.1 Å². The van der Waals surface area contributed by atoms with Gasteiger partial charge in [0.25, 0.3) is 11.8 Å². The number of carboxylic acids is 1. The number of hydrogen-bond donors (Lipinski definition) is 1. The van der Waals surface area contributed by atoms with E-state index in [2.05, 4.69) is 4.74 Å². The normalized spacial score (nSPS) is 21.3. The van der Waals surface area contributed by atoms with Crippen LogP contribution in [0.2, 0.25) is 0 Å². The zero-order valence-corrected chi connectivity index (χ0v) is 22.6. The molecule has 12 nitrogen and oxygen atoms in total. The van der Waals surface area contributed by atoms with Crippen LogP contribution in [-0.4, -0.2) is 105 Å². The Hall–Kier alpha value is -2.28. The molecule has 2 aliphatic heterocycles. The molecule has 2 heterocycles. The van der Waals surface area contributed by atoms with Gasteiger partial charge in [0.2, 0.25) is 0 Å². The number of aliphatic carboxylic acids is 1. The van der Waals surface area contributed by atoms with E-state index in [4.69, 9.17) is 14.6 Å². The van der Waals surface area contributed by atoms with Crippen LogP contribution >= 0.6 is 0 Å². The van der Waals surface area contributed by atoms with Crippen molar-refractivity contribution in [2.45, 2.75) is 89.5 Å². The van der Waals surface area contributed by atoms with Crippen molar-refractivity contribution in [2.75, 3.05) is 20.2 Å². The van der Waals surface area contributed by atoms with Gasteiger partial charge in [-0.15, -0.1) is 0 Å². The minimum Gasteiger partial charge on any atom is -0.870 e. The van der Waals surface area contributed by atoms with Gasteiger partial charge in [0.15, 0.2) is 0 Å². The van der Waals surface area contributed by atoms with Crippen LogP contribution in [-0.2, 0) is 23.8 Å². The van der Waals surface area contributed by atoms with Crippen LogP contribution in [0.1, 0.15) is 54.4 Å². The van der Waals surface area contributed by atoms with Crippen LogP contribution < -0.4 is 18.9 Å². The molecule has 0 aromatic rings. The standard InChI is InChI=1S/C11H17F2NO4.C10H15F2NO4.Li.2H2O/c1-10(2,3)18-9(16)14-6-11(12,13)5-7(14)8(15)17-4;1-9(2,3)17-8(16)13-5-10(11,12)4-6(13)7(14)15;;;/h7H,5-6H2,1-4H3;6H,4-5H2,1-3H3,(H,14,15);;2*1H2/q;;+1;;/p-1. The molecule has 2 aliphatic rings. The van der Waals surface area contributed by atoms with Crippen LogP contribution in [0.4, 0.5) is 27.2 Å². The summed E-state index contributed by atoms with van der Waals surface area (Å²) in [4.78, 5) is 46.8. The van der Waals surface area contributed by atoms with Crippen molar-refractivity contribution in [3.8, 4) is 0 Å². The van der Waals surface area contributed by atoms with Crippen molar-refractivity contribution in [1.29, 1.82) is 0 Å². The largest absolute Gasteiger partial charge is 1.00 e. The number of carbonyl (C=O) groups is 4. The Balaban J connectivity index is -0.000000598. The number of nitrogens with zero attached hydrogens (tertiary/aromatic N) is 2. The number of halogens is 4. The van der Waals surface area contributed by atoms with Gasteiger partial charge >= 0.3 is 43.0 Å². The van der Waals surface area contributed by atoms with Crippen LogP contribution in [0.25, 0.3) is 0 Å². The maximum Gasteiger partial charge on any atom is 1.00 e. The molecule has 0 saturated carbocycles. The second-order valence-corrected chi connectivity index (χ2v) is 10.2. The molecular formula is C21H35F4LiN2O10. The van der Waals surface area contributed by atoms with Crippen molar-refractivity contribution in [1.82, 2.24) is 9.80 Å². The van der Waals surface area contributed by atoms with Crippen molar-refractivity contribution in [2.24, 2.45) is 0 Å². The number of carbonyl (C=O) groups excluding carboxylic acids is 3. The van der Waals surface area contributed by atoms with Gasteiger partial charge in [-0.25, -0.2) is 36.7 Å². The Morgan fingerprint density at radius 2 is 1.11 bits per heavy atom. The summed E-state index contributed by atoms with van der Waals surface area (Å²) in [7, 11) is 1.09. The van der Waals surface area contributed by atoms with Crippen LogP contribution in [0.5, 0.6) is 0 Å². The molecule has 2 rings (SSSR count). The van der Waals surface area contributed by atoms with Crippen LogP contribution in [0.15, 0.2) is 0 Å². The average Bonchev–Trinajstić information content (AvgIpc) is 3.15. The van der Waals surface area contributed by atoms with E-state index in [1.165, 1.54) is 0 Å². The van der Waals surface area contributed by atoms with Gasteiger partial charge in [-0.05, 0) is 41.5 Å². The predicted molar refractivity (Wildman–Crippen MR) is 118 cm³/mol. The van der Waals surface area contributed by atoms with Gasteiger partial charge in [-0.1, -0.05) is 0 Å². The molecule has 2 unspecified atom stereocenters. The quantitative estimate of drug-likeness (QED) is 0.202. The fraction of sp³-hybridized carbons (Fsp3) is 0.810. The van der Waals surface area contributed by atoms with E-state index in [1.54, 1.807) is 41.5 Å². The zero-order valence-electron chi connectivity index (χ0n) is 22.6. The van der Waals surface area contributed by atoms with Gasteiger partial charge in [0.1, 0.15) is 23.3 Å². The fourth-order valence-electron chi connectivity index (χ4n) is 3.23. The fourth-order valence-corrected chi connectivity index (χ4v) is 3.23. The molecule has 0 bridgehead atoms. The molecule has 38 heavy (non-hydrogen) atoms. The van der Waals surface area contributed by atoms with E-state index in [0.717, 1.165) is 12.0 Å². The SMILES string of the molecule is CC(C)(C)OC(=O)N1CC(F)(F)CC1C(=O)O.COC(=O)C1CC(F)(F)CN1C(=O)OC(C)(C)C.O.[Li+].[OH-]. The smallest absolute Gasteiger partial charge is 0.870 e. The molecule has 0 aromatic heterocycles. The summed E-state index contributed by atoms with van der Waals surface area (Å²) in [6, 6.07) is -2.82. The first-order valence-corrected chi connectivity index (χ1v) is 10.6. The first-order valence-electron chi connectivity index (χ1n) is 10.6. The summed E-state index contributed by atoms with van der Waals surface area (Å²) in [6.45, 7) is 7.84. The maximum absolute atomic E-state index is 13.3. The van der Waals surface area contributed by atoms with E-state index in [1.807, 2.05) is 0 Å². The van der Waals surface area contributed by atoms with Crippen molar-refractivity contribution in [3.63, 3.8) is 0 Å². The molecule has 0 radical (unpaired) electrons. The summed E-state index contributed by atoms with van der Waals surface area (Å²) in [5.74, 6) is -8.60. The average molecular weight is 558 g/mol. The minimum atomic E-state index is -3.18. The van der Waals surface area contributed by atoms with E-state index < -0.39 is 85.2 Å². The summed E-state index contributed by atoms with van der Waals surface area (Å²) >= 11 is 0. The Kier molecular flexibility index (Phi) is 15.0. The second-order valence-electron chi connectivity index (χ2n) is 10.2. The number of hydrogen-bond acceptors (Lipinski definition) is 8. The Morgan fingerprint density at radius 1 is 0.789 bits per heavy atom. The van der Waals surface area contributed by atoms with Crippen molar-refractivity contribution in [3.05, 3.63) is 0 Å². The minimum absolute atomic E-state index is 0. The number of amides is 2. The topological polar surface area (TPSA) is 184 Å². The maximum atomic E-state index is 13.3. The first kappa shape index (κ1) is 40.2. The van der Waals surface area contributed by atoms with Gasteiger partial charge in [-0.3, -0.25) is 9.80 Å². The molecule has 17 heteroatoms.